The van der Waals surface area contributed by atoms with Crippen LogP contribution >= 0.6 is 0 Å². The molecule has 0 unspecified atom stereocenters. The summed E-state index contributed by atoms with van der Waals surface area (Å²) < 4.78 is 39.4. The summed E-state index contributed by atoms with van der Waals surface area (Å²) in [5, 5.41) is 2.98. The number of rotatable bonds is 8. The molecule has 108 valence electrons. The molecule has 1 N–H and O–H groups in total. The van der Waals surface area contributed by atoms with Gasteiger partial charge in [0.1, 0.15) is 17.5 Å². The van der Waals surface area contributed by atoms with E-state index >= 15 is 0 Å². The molecule has 0 aliphatic rings. The van der Waals surface area contributed by atoms with E-state index in [1.807, 2.05) is 0 Å². The summed E-state index contributed by atoms with van der Waals surface area (Å²) in [7, 11) is 0. The van der Waals surface area contributed by atoms with E-state index in [0.717, 1.165) is 26.1 Å². The Hall–Kier alpha value is -1.07. The lowest BCUT2D eigenvalue weighted by molar-refractivity contribution is 0.297. The van der Waals surface area contributed by atoms with Crippen LogP contribution in [0.5, 0.6) is 0 Å². The second-order valence-electron chi connectivity index (χ2n) is 4.41. The van der Waals surface area contributed by atoms with Gasteiger partial charge in [0.15, 0.2) is 0 Å². The quantitative estimate of drug-likeness (QED) is 0.733. The van der Waals surface area contributed by atoms with Gasteiger partial charge in [0.2, 0.25) is 0 Å². The minimum absolute atomic E-state index is 0.0796. The number of hydrogen-bond acceptors (Lipinski definition) is 2. The van der Waals surface area contributed by atoms with Crippen molar-refractivity contribution in [2.24, 2.45) is 0 Å². The van der Waals surface area contributed by atoms with Gasteiger partial charge in [0.25, 0.3) is 0 Å². The van der Waals surface area contributed by atoms with Crippen molar-refractivity contribution in [2.75, 3.05) is 26.2 Å². The van der Waals surface area contributed by atoms with Crippen molar-refractivity contribution in [3.63, 3.8) is 0 Å². The van der Waals surface area contributed by atoms with E-state index in [2.05, 4.69) is 24.1 Å². The largest absolute Gasteiger partial charge is 0.312 e. The van der Waals surface area contributed by atoms with Crippen molar-refractivity contribution < 1.29 is 13.2 Å². The first-order valence-electron chi connectivity index (χ1n) is 6.65. The van der Waals surface area contributed by atoms with Crippen LogP contribution in [0.1, 0.15) is 25.8 Å². The molecule has 0 spiro atoms. The zero-order valence-corrected chi connectivity index (χ0v) is 11.5. The average molecular weight is 274 g/mol. The summed E-state index contributed by atoms with van der Waals surface area (Å²) in [5.41, 5.74) is -0.107. The Labute approximate surface area is 112 Å². The van der Waals surface area contributed by atoms with Gasteiger partial charge in [0, 0.05) is 24.2 Å². The van der Waals surface area contributed by atoms with E-state index < -0.39 is 17.5 Å². The molecule has 0 fully saturated rings. The van der Waals surface area contributed by atoms with E-state index in [1.165, 1.54) is 0 Å². The Bertz CT molecular complexity index is 369. The fraction of sp³-hybridized carbons (Fsp3) is 0.571. The zero-order valence-electron chi connectivity index (χ0n) is 11.5. The third kappa shape index (κ3) is 5.20. The van der Waals surface area contributed by atoms with E-state index in [9.17, 15) is 13.2 Å². The Morgan fingerprint density at radius 1 is 1.05 bits per heavy atom. The monoisotopic (exact) mass is 274 g/mol. The lowest BCUT2D eigenvalue weighted by Crippen LogP contribution is -2.27. The van der Waals surface area contributed by atoms with Crippen LogP contribution in [0.25, 0.3) is 0 Å². The molecular formula is C14H21F3N2. The SMILES string of the molecule is CCN(CC)CCCNCc1c(F)cc(F)cc1F. The Morgan fingerprint density at radius 2 is 1.63 bits per heavy atom. The maximum Gasteiger partial charge on any atom is 0.133 e. The maximum atomic E-state index is 13.3. The second kappa shape index (κ2) is 8.17. The van der Waals surface area contributed by atoms with Gasteiger partial charge in [-0.25, -0.2) is 13.2 Å². The minimum Gasteiger partial charge on any atom is -0.312 e. The van der Waals surface area contributed by atoms with Gasteiger partial charge in [-0.3, -0.25) is 0 Å². The fourth-order valence-corrected chi connectivity index (χ4v) is 1.92. The summed E-state index contributed by atoms with van der Waals surface area (Å²) in [4.78, 5) is 2.28. The van der Waals surface area contributed by atoms with Crippen LogP contribution in [0.4, 0.5) is 13.2 Å². The van der Waals surface area contributed by atoms with E-state index in [-0.39, 0.29) is 12.1 Å². The Balaban J connectivity index is 2.34. The summed E-state index contributed by atoms with van der Waals surface area (Å²) in [6.07, 6.45) is 0.909. The molecule has 0 aliphatic heterocycles. The Kier molecular flexibility index (Phi) is 6.87. The fourth-order valence-electron chi connectivity index (χ4n) is 1.92. The van der Waals surface area contributed by atoms with Crippen molar-refractivity contribution >= 4 is 0 Å². The lowest BCUT2D eigenvalue weighted by Gasteiger charge is -2.17. The van der Waals surface area contributed by atoms with E-state index in [4.69, 9.17) is 0 Å². The van der Waals surface area contributed by atoms with Gasteiger partial charge in [-0.05, 0) is 32.6 Å². The summed E-state index contributed by atoms with van der Waals surface area (Å²) in [6.45, 7) is 7.90. The van der Waals surface area contributed by atoms with Crippen LogP contribution in [0.3, 0.4) is 0 Å². The van der Waals surface area contributed by atoms with Gasteiger partial charge < -0.3 is 10.2 Å². The van der Waals surface area contributed by atoms with Gasteiger partial charge in [-0.1, -0.05) is 13.8 Å². The lowest BCUT2D eigenvalue weighted by atomic mass is 10.2. The molecular weight excluding hydrogens is 253 g/mol. The summed E-state index contributed by atoms with van der Waals surface area (Å²) in [5.74, 6) is -2.57. The number of halogens is 3. The van der Waals surface area contributed by atoms with Crippen molar-refractivity contribution in [2.45, 2.75) is 26.8 Å². The summed E-state index contributed by atoms with van der Waals surface area (Å²) >= 11 is 0. The molecule has 2 nitrogen and oxygen atoms in total. The highest BCUT2D eigenvalue weighted by Gasteiger charge is 2.10. The molecule has 0 bridgehead atoms. The first-order valence-corrected chi connectivity index (χ1v) is 6.65. The topological polar surface area (TPSA) is 15.3 Å². The van der Waals surface area contributed by atoms with Gasteiger partial charge in [-0.2, -0.15) is 0 Å². The highest BCUT2D eigenvalue weighted by Crippen LogP contribution is 2.14. The van der Waals surface area contributed by atoms with Crippen LogP contribution in [-0.4, -0.2) is 31.1 Å². The molecule has 0 radical (unpaired) electrons. The van der Waals surface area contributed by atoms with Crippen LogP contribution in [0, 0.1) is 17.5 Å². The van der Waals surface area contributed by atoms with Crippen LogP contribution in [0.15, 0.2) is 12.1 Å². The zero-order chi connectivity index (χ0) is 14.3. The van der Waals surface area contributed by atoms with Crippen molar-refractivity contribution in [3.05, 3.63) is 35.1 Å². The molecule has 1 rings (SSSR count). The summed E-state index contributed by atoms with van der Waals surface area (Å²) in [6, 6.07) is 1.41. The molecule has 0 saturated heterocycles. The number of hydrogen-bond donors (Lipinski definition) is 1. The first kappa shape index (κ1) is 16.0. The predicted molar refractivity (Wildman–Crippen MR) is 70.4 cm³/mol. The molecule has 0 heterocycles. The van der Waals surface area contributed by atoms with Gasteiger partial charge in [0.05, 0.1) is 0 Å². The number of benzene rings is 1. The molecule has 1 aromatic rings. The molecule has 0 atom stereocenters. The minimum atomic E-state index is -0.889. The molecule has 0 amide bonds. The van der Waals surface area contributed by atoms with Crippen LogP contribution < -0.4 is 5.32 Å². The van der Waals surface area contributed by atoms with Gasteiger partial charge in [-0.15, -0.1) is 0 Å². The third-order valence-corrected chi connectivity index (χ3v) is 3.13. The Morgan fingerprint density at radius 3 is 2.16 bits per heavy atom. The maximum absolute atomic E-state index is 13.3. The second-order valence-corrected chi connectivity index (χ2v) is 4.41. The van der Waals surface area contributed by atoms with Crippen molar-refractivity contribution in [1.29, 1.82) is 0 Å². The molecule has 1 aromatic carbocycles. The predicted octanol–water partition coefficient (Wildman–Crippen LogP) is 2.93. The van der Waals surface area contributed by atoms with Crippen LogP contribution in [-0.2, 0) is 6.54 Å². The van der Waals surface area contributed by atoms with Crippen LogP contribution in [0.2, 0.25) is 0 Å². The number of nitrogens with one attached hydrogen (secondary N) is 1. The molecule has 0 saturated carbocycles. The smallest absolute Gasteiger partial charge is 0.133 e. The molecule has 0 aliphatic carbocycles. The number of nitrogens with zero attached hydrogens (tertiary/aromatic N) is 1. The van der Waals surface area contributed by atoms with E-state index in [1.54, 1.807) is 0 Å². The van der Waals surface area contributed by atoms with Gasteiger partial charge >= 0.3 is 0 Å². The standard InChI is InChI=1S/C14H21F3N2/c1-3-19(4-2)7-5-6-18-10-12-13(16)8-11(15)9-14(12)17/h8-9,18H,3-7,10H2,1-2H3. The highest BCUT2D eigenvalue weighted by atomic mass is 19.1. The highest BCUT2D eigenvalue weighted by molar-refractivity contribution is 5.20. The van der Waals surface area contributed by atoms with Crippen molar-refractivity contribution in [1.82, 2.24) is 10.2 Å². The molecule has 19 heavy (non-hydrogen) atoms. The normalized spacial score (nSPS) is 11.3. The van der Waals surface area contributed by atoms with Crippen molar-refractivity contribution in [3.8, 4) is 0 Å². The first-order chi connectivity index (χ1) is 9.08. The third-order valence-electron chi connectivity index (χ3n) is 3.13. The molecule has 0 aromatic heterocycles. The average Bonchev–Trinajstić information content (AvgIpc) is 2.36. The van der Waals surface area contributed by atoms with E-state index in [0.29, 0.717) is 18.7 Å². The molecule has 5 heteroatoms.